The summed E-state index contributed by atoms with van der Waals surface area (Å²) in [7, 11) is 0. The zero-order chi connectivity index (χ0) is 18.4. The Labute approximate surface area is 145 Å². The van der Waals surface area contributed by atoms with Gasteiger partial charge in [0.1, 0.15) is 11.6 Å². The lowest BCUT2D eigenvalue weighted by Gasteiger charge is -2.07. The van der Waals surface area contributed by atoms with Crippen LogP contribution in [-0.2, 0) is 4.79 Å². The highest BCUT2D eigenvalue weighted by molar-refractivity contribution is 6.06. The second-order valence-corrected chi connectivity index (χ2v) is 5.70. The number of amides is 2. The van der Waals surface area contributed by atoms with E-state index in [1.807, 2.05) is 13.0 Å². The van der Waals surface area contributed by atoms with E-state index in [9.17, 15) is 14.7 Å². The summed E-state index contributed by atoms with van der Waals surface area (Å²) >= 11 is 0. The van der Waals surface area contributed by atoms with Crippen LogP contribution in [-0.4, -0.2) is 27.6 Å². The molecule has 25 heavy (non-hydrogen) atoms. The van der Waals surface area contributed by atoms with Crippen molar-refractivity contribution in [2.75, 3.05) is 5.32 Å². The molecule has 7 nitrogen and oxygen atoms in total. The van der Waals surface area contributed by atoms with Gasteiger partial charge in [0.15, 0.2) is 0 Å². The molecule has 0 saturated heterocycles. The summed E-state index contributed by atoms with van der Waals surface area (Å²) in [5, 5.41) is 16.4. The van der Waals surface area contributed by atoms with E-state index in [-0.39, 0.29) is 23.6 Å². The number of pyridine rings is 1. The number of para-hydroxylation sites is 1. The van der Waals surface area contributed by atoms with Crippen LogP contribution in [0.2, 0.25) is 0 Å². The lowest BCUT2D eigenvalue weighted by molar-refractivity contribution is -0.115. The van der Waals surface area contributed by atoms with Gasteiger partial charge in [0.25, 0.3) is 5.91 Å². The highest BCUT2D eigenvalue weighted by Crippen LogP contribution is 2.21. The molecule has 0 aliphatic heterocycles. The predicted octanol–water partition coefficient (Wildman–Crippen LogP) is 2.54. The summed E-state index contributed by atoms with van der Waals surface area (Å²) in [6, 6.07) is 8.46. The maximum Gasteiger partial charge on any atom is 0.275 e. The maximum atomic E-state index is 12.0. The second kappa shape index (κ2) is 8.05. The number of nitrogens with zero attached hydrogens (tertiary/aromatic N) is 2. The van der Waals surface area contributed by atoms with E-state index in [4.69, 9.17) is 0 Å². The minimum atomic E-state index is -0.540. The highest BCUT2D eigenvalue weighted by atomic mass is 16.3. The first-order chi connectivity index (χ1) is 11.9. The van der Waals surface area contributed by atoms with Crippen molar-refractivity contribution in [2.45, 2.75) is 27.2 Å². The molecule has 1 aromatic heterocycles. The normalized spacial score (nSPS) is 11.1. The third-order valence-electron chi connectivity index (χ3n) is 3.43. The van der Waals surface area contributed by atoms with Crippen molar-refractivity contribution >= 4 is 23.3 Å². The Morgan fingerprint density at radius 1 is 1.24 bits per heavy atom. The summed E-state index contributed by atoms with van der Waals surface area (Å²) in [6.45, 7) is 5.23. The van der Waals surface area contributed by atoms with Gasteiger partial charge in [0.2, 0.25) is 5.91 Å². The van der Waals surface area contributed by atoms with Gasteiger partial charge in [-0.25, -0.2) is 10.4 Å². The Morgan fingerprint density at radius 3 is 2.72 bits per heavy atom. The molecule has 1 heterocycles. The Hall–Kier alpha value is -3.22. The van der Waals surface area contributed by atoms with E-state index in [0.29, 0.717) is 17.1 Å². The Bertz CT molecular complexity index is 831. The first-order valence-electron chi connectivity index (χ1n) is 7.71. The van der Waals surface area contributed by atoms with Crippen LogP contribution in [0.4, 0.5) is 5.82 Å². The van der Waals surface area contributed by atoms with Gasteiger partial charge in [-0.2, -0.15) is 5.10 Å². The van der Waals surface area contributed by atoms with Gasteiger partial charge in [-0.3, -0.25) is 9.59 Å². The lowest BCUT2D eigenvalue weighted by Crippen LogP contribution is -2.22. The van der Waals surface area contributed by atoms with Crippen LogP contribution >= 0.6 is 0 Å². The van der Waals surface area contributed by atoms with Gasteiger partial charge < -0.3 is 10.4 Å². The molecule has 0 aliphatic rings. The minimum absolute atomic E-state index is 0.00962. The fraction of sp³-hybridized carbons (Fsp3) is 0.222. The predicted molar refractivity (Wildman–Crippen MR) is 95.6 cm³/mol. The molecule has 0 unspecified atom stereocenters. The summed E-state index contributed by atoms with van der Waals surface area (Å²) in [5.74, 6) is -0.448. The number of nitrogens with one attached hydrogen (secondary N) is 2. The van der Waals surface area contributed by atoms with E-state index < -0.39 is 5.91 Å². The second-order valence-electron chi connectivity index (χ2n) is 5.70. The van der Waals surface area contributed by atoms with Crippen LogP contribution in [0.25, 0.3) is 0 Å². The molecule has 1 aromatic carbocycles. The minimum Gasteiger partial charge on any atom is -0.507 e. The van der Waals surface area contributed by atoms with Crippen molar-refractivity contribution in [3.63, 3.8) is 0 Å². The molecule has 2 aromatic rings. The molecule has 0 saturated carbocycles. The summed E-state index contributed by atoms with van der Waals surface area (Å²) in [4.78, 5) is 28.1. The third-order valence-corrected chi connectivity index (χ3v) is 3.43. The van der Waals surface area contributed by atoms with Crippen LogP contribution in [0.3, 0.4) is 0 Å². The number of rotatable bonds is 5. The molecule has 0 spiro atoms. The highest BCUT2D eigenvalue weighted by Gasteiger charge is 2.12. The van der Waals surface area contributed by atoms with Crippen molar-refractivity contribution in [2.24, 2.45) is 5.10 Å². The number of hydrogen-bond donors (Lipinski definition) is 3. The van der Waals surface area contributed by atoms with Crippen molar-refractivity contribution in [1.29, 1.82) is 0 Å². The van der Waals surface area contributed by atoms with Crippen LogP contribution < -0.4 is 10.7 Å². The monoisotopic (exact) mass is 340 g/mol. The van der Waals surface area contributed by atoms with Gasteiger partial charge in [-0.15, -0.1) is 0 Å². The molecule has 0 bridgehead atoms. The SMILES string of the molecule is C/C(CC(=O)Nc1cc(C)ccn1)=N/NC(=O)c1cccc(C)c1O. The van der Waals surface area contributed by atoms with Crippen molar-refractivity contribution < 1.29 is 14.7 Å². The fourth-order valence-electron chi connectivity index (χ4n) is 2.11. The molecular weight excluding hydrogens is 320 g/mol. The van der Waals surface area contributed by atoms with Gasteiger partial charge in [-0.05, 0) is 50.1 Å². The lowest BCUT2D eigenvalue weighted by atomic mass is 10.1. The number of anilines is 1. The van der Waals surface area contributed by atoms with Gasteiger partial charge >= 0.3 is 0 Å². The number of aryl methyl sites for hydroxylation is 2. The Morgan fingerprint density at radius 2 is 2.00 bits per heavy atom. The molecule has 3 N–H and O–H groups in total. The number of hydrogen-bond acceptors (Lipinski definition) is 5. The van der Waals surface area contributed by atoms with Crippen molar-refractivity contribution in [1.82, 2.24) is 10.4 Å². The van der Waals surface area contributed by atoms with Crippen molar-refractivity contribution in [3.05, 3.63) is 53.2 Å². The zero-order valence-corrected chi connectivity index (χ0v) is 14.3. The topological polar surface area (TPSA) is 104 Å². The molecule has 0 radical (unpaired) electrons. The Kier molecular flexibility index (Phi) is 5.84. The molecule has 2 rings (SSSR count). The van der Waals surface area contributed by atoms with Crippen LogP contribution in [0, 0.1) is 13.8 Å². The number of aromatic nitrogens is 1. The molecule has 0 fully saturated rings. The van der Waals surface area contributed by atoms with E-state index in [0.717, 1.165) is 5.56 Å². The standard InChI is InChI=1S/C18H20N4O3/c1-11-7-8-19-15(9-11)20-16(23)10-13(3)21-22-18(25)14-6-4-5-12(2)17(14)24/h4-9,24H,10H2,1-3H3,(H,22,25)(H,19,20,23)/b21-13-. The van der Waals surface area contributed by atoms with Gasteiger partial charge in [0.05, 0.1) is 12.0 Å². The Balaban J connectivity index is 1.93. The molecule has 0 aliphatic carbocycles. The molecule has 0 atom stereocenters. The summed E-state index contributed by atoms with van der Waals surface area (Å²) < 4.78 is 0. The maximum absolute atomic E-state index is 12.0. The number of phenolic OH excluding ortho intramolecular Hbond substituents is 1. The summed E-state index contributed by atoms with van der Waals surface area (Å²) in [5.41, 5.74) is 4.47. The number of aromatic hydroxyl groups is 1. The van der Waals surface area contributed by atoms with Gasteiger partial charge in [0, 0.05) is 11.9 Å². The fourth-order valence-corrected chi connectivity index (χ4v) is 2.11. The largest absolute Gasteiger partial charge is 0.507 e. The first-order valence-corrected chi connectivity index (χ1v) is 7.71. The zero-order valence-electron chi connectivity index (χ0n) is 14.3. The van der Waals surface area contributed by atoms with Gasteiger partial charge in [-0.1, -0.05) is 12.1 Å². The van der Waals surface area contributed by atoms with E-state index in [1.165, 1.54) is 6.07 Å². The van der Waals surface area contributed by atoms with E-state index >= 15 is 0 Å². The molecule has 130 valence electrons. The number of benzene rings is 1. The van der Waals surface area contributed by atoms with E-state index in [2.05, 4.69) is 20.8 Å². The van der Waals surface area contributed by atoms with Crippen LogP contribution in [0.5, 0.6) is 5.75 Å². The number of carbonyl (C=O) groups is 2. The smallest absolute Gasteiger partial charge is 0.275 e. The number of hydrazone groups is 1. The molecule has 7 heteroatoms. The average Bonchev–Trinajstić information content (AvgIpc) is 2.55. The molecule has 2 amide bonds. The quantitative estimate of drug-likeness (QED) is 0.575. The van der Waals surface area contributed by atoms with Crippen LogP contribution in [0.1, 0.15) is 34.8 Å². The first kappa shape index (κ1) is 18.1. The average molecular weight is 340 g/mol. The third kappa shape index (κ3) is 5.13. The van der Waals surface area contributed by atoms with Crippen LogP contribution in [0.15, 0.2) is 41.6 Å². The number of phenols is 1. The van der Waals surface area contributed by atoms with Crippen molar-refractivity contribution in [3.8, 4) is 5.75 Å². The number of carbonyl (C=O) groups excluding carboxylic acids is 2. The summed E-state index contributed by atoms with van der Waals surface area (Å²) in [6.07, 6.45) is 1.62. The van der Waals surface area contributed by atoms with E-state index in [1.54, 1.807) is 38.2 Å². The molecular formula is C18H20N4O3.